The highest BCUT2D eigenvalue weighted by molar-refractivity contribution is 7.99. The molecule has 0 aromatic heterocycles. The van der Waals surface area contributed by atoms with Crippen molar-refractivity contribution in [2.75, 3.05) is 6.54 Å². The van der Waals surface area contributed by atoms with Gasteiger partial charge in [0.2, 0.25) is 0 Å². The Balaban J connectivity index is 2.06. The van der Waals surface area contributed by atoms with Crippen molar-refractivity contribution in [1.82, 2.24) is 5.32 Å². The summed E-state index contributed by atoms with van der Waals surface area (Å²) in [5, 5.41) is 3.93. The Morgan fingerprint density at radius 3 is 2.75 bits per heavy atom. The van der Waals surface area contributed by atoms with E-state index < -0.39 is 0 Å². The van der Waals surface area contributed by atoms with E-state index in [0.717, 1.165) is 23.4 Å². The lowest BCUT2D eigenvalue weighted by Crippen LogP contribution is -2.13. The molecule has 20 heavy (non-hydrogen) atoms. The van der Waals surface area contributed by atoms with Crippen LogP contribution in [0.2, 0.25) is 5.02 Å². The summed E-state index contributed by atoms with van der Waals surface area (Å²) < 4.78 is 14.1. The van der Waals surface area contributed by atoms with E-state index in [-0.39, 0.29) is 5.82 Å². The van der Waals surface area contributed by atoms with E-state index in [4.69, 9.17) is 11.6 Å². The quantitative estimate of drug-likeness (QED) is 0.742. The molecule has 0 bridgehead atoms. The fourth-order valence-corrected chi connectivity index (χ4v) is 2.94. The molecule has 0 aliphatic carbocycles. The fourth-order valence-electron chi connectivity index (χ4n) is 1.80. The van der Waals surface area contributed by atoms with Gasteiger partial charge in [-0.1, -0.05) is 42.4 Å². The van der Waals surface area contributed by atoms with E-state index in [1.807, 2.05) is 36.4 Å². The average molecular weight is 310 g/mol. The highest BCUT2D eigenvalue weighted by Gasteiger charge is 2.06. The van der Waals surface area contributed by atoms with Crippen LogP contribution in [0.3, 0.4) is 0 Å². The molecule has 0 saturated carbocycles. The normalized spacial score (nSPS) is 10.8. The molecule has 0 spiro atoms. The molecule has 2 rings (SSSR count). The van der Waals surface area contributed by atoms with Crippen LogP contribution < -0.4 is 5.32 Å². The summed E-state index contributed by atoms with van der Waals surface area (Å²) >= 11 is 7.32. The molecule has 2 aromatic carbocycles. The molecule has 0 amide bonds. The number of hydrogen-bond acceptors (Lipinski definition) is 2. The molecule has 106 valence electrons. The topological polar surface area (TPSA) is 12.0 Å². The zero-order valence-corrected chi connectivity index (χ0v) is 12.9. The van der Waals surface area contributed by atoms with Crippen molar-refractivity contribution in [3.8, 4) is 0 Å². The van der Waals surface area contributed by atoms with Crippen LogP contribution >= 0.6 is 23.4 Å². The summed E-state index contributed by atoms with van der Waals surface area (Å²) in [4.78, 5) is 1.56. The van der Waals surface area contributed by atoms with Gasteiger partial charge < -0.3 is 5.32 Å². The first kappa shape index (κ1) is 15.4. The first-order valence-corrected chi connectivity index (χ1v) is 7.81. The molecular weight excluding hydrogens is 293 g/mol. The van der Waals surface area contributed by atoms with Crippen LogP contribution in [0.4, 0.5) is 4.39 Å². The lowest BCUT2D eigenvalue weighted by molar-refractivity contribution is 0.595. The molecule has 0 heterocycles. The smallest absolute Gasteiger partial charge is 0.137 e. The first-order chi connectivity index (χ1) is 9.69. The van der Waals surface area contributed by atoms with Crippen LogP contribution in [0.15, 0.2) is 52.3 Å². The SMILES string of the molecule is CCCNCc1ccc(Sc2cccc(Cl)c2)c(F)c1. The largest absolute Gasteiger partial charge is 0.313 e. The molecule has 4 heteroatoms. The number of halogens is 2. The minimum Gasteiger partial charge on any atom is -0.313 e. The Labute approximate surface area is 128 Å². The zero-order valence-electron chi connectivity index (χ0n) is 11.3. The lowest BCUT2D eigenvalue weighted by Gasteiger charge is -2.07. The maximum absolute atomic E-state index is 14.1. The number of nitrogens with one attached hydrogen (secondary N) is 1. The van der Waals surface area contributed by atoms with E-state index >= 15 is 0 Å². The maximum atomic E-state index is 14.1. The molecule has 0 saturated heterocycles. The third kappa shape index (κ3) is 4.51. The molecule has 0 radical (unpaired) electrons. The Morgan fingerprint density at radius 2 is 2.05 bits per heavy atom. The van der Waals surface area contributed by atoms with E-state index in [1.54, 1.807) is 6.07 Å². The standard InChI is InChI=1S/C16H17ClFNS/c1-2-8-19-11-12-6-7-16(15(18)9-12)20-14-5-3-4-13(17)10-14/h3-7,9-10,19H,2,8,11H2,1H3. The van der Waals surface area contributed by atoms with Crippen molar-refractivity contribution in [2.24, 2.45) is 0 Å². The Morgan fingerprint density at radius 1 is 1.20 bits per heavy atom. The molecule has 0 unspecified atom stereocenters. The van der Waals surface area contributed by atoms with Gasteiger partial charge in [-0.3, -0.25) is 0 Å². The summed E-state index contributed by atoms with van der Waals surface area (Å²) in [6.07, 6.45) is 1.07. The van der Waals surface area contributed by atoms with Crippen molar-refractivity contribution in [3.63, 3.8) is 0 Å². The van der Waals surface area contributed by atoms with Gasteiger partial charge in [0.1, 0.15) is 5.82 Å². The lowest BCUT2D eigenvalue weighted by atomic mass is 10.2. The predicted molar refractivity (Wildman–Crippen MR) is 84.0 cm³/mol. The van der Waals surface area contributed by atoms with Crippen LogP contribution in [0.1, 0.15) is 18.9 Å². The van der Waals surface area contributed by atoms with Crippen molar-refractivity contribution in [1.29, 1.82) is 0 Å². The van der Waals surface area contributed by atoms with Crippen LogP contribution in [-0.2, 0) is 6.54 Å². The summed E-state index contributed by atoms with van der Waals surface area (Å²) in [6.45, 7) is 3.76. The van der Waals surface area contributed by atoms with Gasteiger partial charge in [-0.2, -0.15) is 0 Å². The Bertz CT molecular complexity index is 574. The van der Waals surface area contributed by atoms with Gasteiger partial charge in [-0.15, -0.1) is 0 Å². The van der Waals surface area contributed by atoms with Gasteiger partial charge in [0.25, 0.3) is 0 Å². The predicted octanol–water partition coefficient (Wildman–Crippen LogP) is 5.13. The number of benzene rings is 2. The monoisotopic (exact) mass is 309 g/mol. The van der Waals surface area contributed by atoms with E-state index in [1.165, 1.54) is 11.8 Å². The third-order valence-corrected chi connectivity index (χ3v) is 4.05. The maximum Gasteiger partial charge on any atom is 0.137 e. The van der Waals surface area contributed by atoms with Gasteiger partial charge in [0.15, 0.2) is 0 Å². The van der Waals surface area contributed by atoms with Gasteiger partial charge >= 0.3 is 0 Å². The molecule has 0 atom stereocenters. The first-order valence-electron chi connectivity index (χ1n) is 6.61. The molecule has 1 N–H and O–H groups in total. The van der Waals surface area contributed by atoms with E-state index in [2.05, 4.69) is 12.2 Å². The minimum atomic E-state index is -0.189. The van der Waals surface area contributed by atoms with Crippen molar-refractivity contribution in [3.05, 3.63) is 58.9 Å². The van der Waals surface area contributed by atoms with Crippen molar-refractivity contribution >= 4 is 23.4 Å². The molecule has 2 aromatic rings. The van der Waals surface area contributed by atoms with Crippen LogP contribution in [0.25, 0.3) is 0 Å². The molecule has 1 nitrogen and oxygen atoms in total. The van der Waals surface area contributed by atoms with Crippen molar-refractivity contribution in [2.45, 2.75) is 29.7 Å². The summed E-state index contributed by atoms with van der Waals surface area (Å²) in [6, 6.07) is 12.8. The van der Waals surface area contributed by atoms with Crippen LogP contribution in [0.5, 0.6) is 0 Å². The molecular formula is C16H17ClFNS. The van der Waals surface area contributed by atoms with Crippen molar-refractivity contribution < 1.29 is 4.39 Å². The van der Waals surface area contributed by atoms with Crippen LogP contribution in [-0.4, -0.2) is 6.54 Å². The third-order valence-electron chi connectivity index (χ3n) is 2.78. The average Bonchev–Trinajstić information content (AvgIpc) is 2.42. The van der Waals surface area contributed by atoms with Gasteiger partial charge in [-0.25, -0.2) is 4.39 Å². The van der Waals surface area contributed by atoms with E-state index in [0.29, 0.717) is 16.5 Å². The highest BCUT2D eigenvalue weighted by Crippen LogP contribution is 2.31. The number of hydrogen-bond donors (Lipinski definition) is 1. The minimum absolute atomic E-state index is 0.189. The fraction of sp³-hybridized carbons (Fsp3) is 0.250. The van der Waals surface area contributed by atoms with Crippen LogP contribution in [0, 0.1) is 5.82 Å². The second-order valence-electron chi connectivity index (χ2n) is 4.50. The molecule has 0 aliphatic rings. The highest BCUT2D eigenvalue weighted by atomic mass is 35.5. The zero-order chi connectivity index (χ0) is 14.4. The summed E-state index contributed by atoms with van der Waals surface area (Å²) in [7, 11) is 0. The second-order valence-corrected chi connectivity index (χ2v) is 6.05. The summed E-state index contributed by atoms with van der Waals surface area (Å²) in [5.41, 5.74) is 0.964. The second kappa shape index (κ2) is 7.67. The van der Waals surface area contributed by atoms with Gasteiger partial charge in [0, 0.05) is 21.4 Å². The Kier molecular flexibility index (Phi) is 5.89. The molecule has 0 aliphatic heterocycles. The number of rotatable bonds is 6. The Hall–Kier alpha value is -1.03. The van der Waals surface area contributed by atoms with Gasteiger partial charge in [0.05, 0.1) is 0 Å². The molecule has 0 fully saturated rings. The van der Waals surface area contributed by atoms with E-state index in [9.17, 15) is 4.39 Å². The summed E-state index contributed by atoms with van der Waals surface area (Å²) in [5.74, 6) is -0.189. The van der Waals surface area contributed by atoms with Gasteiger partial charge in [-0.05, 0) is 48.9 Å².